The van der Waals surface area contributed by atoms with Gasteiger partial charge in [0.1, 0.15) is 11.8 Å². The molecule has 3 N–H and O–H groups in total. The predicted octanol–water partition coefficient (Wildman–Crippen LogP) is 4.47. The topological polar surface area (TPSA) is 215 Å². The number of benzene rings is 2. The van der Waals surface area contributed by atoms with Crippen molar-refractivity contribution in [3.63, 3.8) is 0 Å². The number of hydrogen-bond acceptors (Lipinski definition) is 11. The van der Waals surface area contributed by atoms with E-state index >= 15 is 0 Å². The van der Waals surface area contributed by atoms with Crippen molar-refractivity contribution in [3.8, 4) is 5.75 Å². The molecule has 0 aliphatic heterocycles. The minimum absolute atomic E-state index is 0.0377. The molecule has 0 radical (unpaired) electrons. The highest BCUT2D eigenvalue weighted by atomic mass is 35.5. The number of ketones is 1. The van der Waals surface area contributed by atoms with E-state index in [4.69, 9.17) is 60.4 Å². The zero-order chi connectivity index (χ0) is 41.6. The van der Waals surface area contributed by atoms with E-state index in [-0.39, 0.29) is 73.9 Å². The van der Waals surface area contributed by atoms with E-state index in [0.29, 0.717) is 0 Å². The highest BCUT2D eigenvalue weighted by Gasteiger charge is 2.39. The number of nitrogens with one attached hydrogen (secondary N) is 2. The zero-order valence-electron chi connectivity index (χ0n) is 30.2. The summed E-state index contributed by atoms with van der Waals surface area (Å²) in [6.07, 6.45) is -3.86. The molecule has 0 bridgehead atoms. The maximum absolute atomic E-state index is 14.4. The zero-order valence-corrected chi connectivity index (χ0v) is 34.9. The first-order chi connectivity index (χ1) is 26.7. The Morgan fingerprint density at radius 1 is 0.839 bits per heavy atom. The van der Waals surface area contributed by atoms with Crippen molar-refractivity contribution < 1.29 is 56.1 Å². The summed E-state index contributed by atoms with van der Waals surface area (Å²) < 4.78 is 60.0. The molecule has 0 unspecified atom stereocenters. The Morgan fingerprint density at radius 3 is 1.88 bits per heavy atom. The predicted molar refractivity (Wildman–Crippen MR) is 212 cm³/mol. The Hall–Kier alpha value is -2.99. The Labute approximate surface area is 345 Å². The minimum atomic E-state index is -4.32. The van der Waals surface area contributed by atoms with Gasteiger partial charge in [0.25, 0.3) is 6.47 Å². The summed E-state index contributed by atoms with van der Waals surface area (Å²) in [5.74, 6) is -5.96. The lowest BCUT2D eigenvalue weighted by Gasteiger charge is -2.37. The van der Waals surface area contributed by atoms with Gasteiger partial charge >= 0.3 is 19.7 Å². The van der Waals surface area contributed by atoms with Crippen molar-refractivity contribution in [2.24, 2.45) is 0 Å². The van der Waals surface area contributed by atoms with Crippen LogP contribution >= 0.6 is 54.1 Å². The molecule has 312 valence electrons. The summed E-state index contributed by atoms with van der Waals surface area (Å²) >= 11 is 23.8. The molecule has 3 atom stereocenters. The van der Waals surface area contributed by atoms with Gasteiger partial charge in [-0.05, 0) is 17.7 Å². The number of ether oxygens (including phenoxy) is 2. The van der Waals surface area contributed by atoms with Crippen LogP contribution in [0.4, 0.5) is 4.79 Å². The number of rotatable bonds is 29. The second-order valence-corrected chi connectivity index (χ2v) is 17.9. The van der Waals surface area contributed by atoms with E-state index in [2.05, 4.69) is 10.6 Å². The van der Waals surface area contributed by atoms with Crippen molar-refractivity contribution in [1.29, 1.82) is 0 Å². The van der Waals surface area contributed by atoms with Gasteiger partial charge in [-0.15, -0.1) is 46.4 Å². The van der Waals surface area contributed by atoms with Crippen LogP contribution in [-0.4, -0.2) is 133 Å². The SMILES string of the molecule is O=CO[C@H](CCC(=O)N[C@@H](CS(=O)(=O)CCOP(=O)(N(CCCl)CCCl)N(CCCl)CCCl)C(=O)C[C@@H](C(=O)O)c1ccccc1)NC(=O)Oc1ccccc1. The summed E-state index contributed by atoms with van der Waals surface area (Å²) in [5.41, 5.74) is 0.268. The number of carbonyl (C=O) groups is 5. The molecule has 0 aliphatic rings. The summed E-state index contributed by atoms with van der Waals surface area (Å²) in [7, 11) is -8.31. The molecule has 0 fully saturated rings. The van der Waals surface area contributed by atoms with Crippen molar-refractivity contribution in [2.75, 3.05) is 67.8 Å². The van der Waals surface area contributed by atoms with Crippen LogP contribution in [0.25, 0.3) is 0 Å². The quantitative estimate of drug-likeness (QED) is 0.0445. The summed E-state index contributed by atoms with van der Waals surface area (Å²) in [4.78, 5) is 62.5. The monoisotopic (exact) mass is 904 g/mol. The van der Waals surface area contributed by atoms with Crippen LogP contribution in [0.3, 0.4) is 0 Å². The Kier molecular flexibility index (Phi) is 22.9. The largest absolute Gasteiger partial charge is 0.481 e. The standard InChI is InChI=1S/C34H45Cl4N4O12PS/c35-13-17-41(18-14-36)55(49,42(19-15-37)20-16-38)53-21-22-56(50,51)24-29(30(44)23-28(33(46)47)26-7-3-1-4-8-26)39-31(45)11-12-32(52-25-43)40-34(48)54-27-9-5-2-6-10-27/h1-10,25,28-29,32H,11-24H2,(H,39,45)(H,40,48)(H,46,47)/t28-,29+,32-/m1/s1. The number of para-hydroxylation sites is 1. The average Bonchev–Trinajstić information content (AvgIpc) is 3.16. The van der Waals surface area contributed by atoms with E-state index in [1.165, 1.54) is 33.6 Å². The summed E-state index contributed by atoms with van der Waals surface area (Å²) in [5, 5.41) is 14.6. The molecule has 2 aromatic rings. The van der Waals surface area contributed by atoms with Gasteiger partial charge in [0.2, 0.25) is 5.91 Å². The lowest BCUT2D eigenvalue weighted by molar-refractivity contribution is -0.141. The third kappa shape index (κ3) is 17.2. The first-order valence-corrected chi connectivity index (χ1v) is 22.6. The molecule has 0 saturated carbocycles. The Bertz CT molecular complexity index is 1670. The van der Waals surface area contributed by atoms with Crippen LogP contribution in [0.2, 0.25) is 0 Å². The summed E-state index contributed by atoms with van der Waals surface area (Å²) in [6.45, 7) is -0.329. The number of amides is 2. The highest BCUT2D eigenvalue weighted by Crippen LogP contribution is 2.54. The number of nitrogens with zero attached hydrogens (tertiary/aromatic N) is 2. The first kappa shape index (κ1) is 49.2. The fraction of sp³-hybridized carbons (Fsp3) is 0.500. The van der Waals surface area contributed by atoms with Crippen LogP contribution in [0.1, 0.15) is 30.7 Å². The van der Waals surface area contributed by atoms with Crippen LogP contribution in [0.5, 0.6) is 5.75 Å². The highest BCUT2D eigenvalue weighted by molar-refractivity contribution is 7.91. The lowest BCUT2D eigenvalue weighted by Crippen LogP contribution is -2.47. The molecular weight excluding hydrogens is 861 g/mol. The lowest BCUT2D eigenvalue weighted by atomic mass is 9.92. The van der Waals surface area contributed by atoms with Gasteiger partial charge in [0, 0.05) is 69.0 Å². The van der Waals surface area contributed by atoms with E-state index in [0.717, 1.165) is 0 Å². The van der Waals surface area contributed by atoms with E-state index < -0.39 is 90.4 Å². The minimum Gasteiger partial charge on any atom is -0.481 e. The molecule has 2 amide bonds. The van der Waals surface area contributed by atoms with Crippen LogP contribution in [0.15, 0.2) is 60.7 Å². The van der Waals surface area contributed by atoms with E-state index in [9.17, 15) is 42.1 Å². The normalized spacial score (nSPS) is 13.4. The first-order valence-electron chi connectivity index (χ1n) is 17.2. The molecule has 0 heterocycles. The fourth-order valence-electron chi connectivity index (χ4n) is 5.20. The number of halogens is 4. The van der Waals surface area contributed by atoms with Crippen LogP contribution < -0.4 is 15.4 Å². The summed E-state index contributed by atoms with van der Waals surface area (Å²) in [6, 6.07) is 14.0. The van der Waals surface area contributed by atoms with Crippen molar-refractivity contribution >= 4 is 94.1 Å². The van der Waals surface area contributed by atoms with Gasteiger partial charge in [0.15, 0.2) is 21.8 Å². The van der Waals surface area contributed by atoms with Gasteiger partial charge in [0.05, 0.1) is 24.0 Å². The Balaban J connectivity index is 2.29. The van der Waals surface area contributed by atoms with Crippen molar-refractivity contribution in [1.82, 2.24) is 20.0 Å². The number of carboxylic acids is 1. The van der Waals surface area contributed by atoms with Gasteiger partial charge < -0.3 is 24.4 Å². The molecule has 2 aromatic carbocycles. The van der Waals surface area contributed by atoms with E-state index in [1.54, 1.807) is 36.4 Å². The van der Waals surface area contributed by atoms with Gasteiger partial charge in [-0.25, -0.2) is 22.6 Å². The second-order valence-electron chi connectivity index (χ2n) is 11.8. The number of sulfone groups is 1. The van der Waals surface area contributed by atoms with Gasteiger partial charge in [-0.3, -0.25) is 29.1 Å². The van der Waals surface area contributed by atoms with Gasteiger partial charge in [-0.2, -0.15) is 0 Å². The molecule has 0 aliphatic carbocycles. The van der Waals surface area contributed by atoms with Crippen molar-refractivity contribution in [3.05, 3.63) is 66.2 Å². The molecule has 0 spiro atoms. The van der Waals surface area contributed by atoms with Crippen molar-refractivity contribution in [2.45, 2.75) is 37.5 Å². The third-order valence-electron chi connectivity index (χ3n) is 7.88. The third-order valence-corrected chi connectivity index (χ3v) is 12.9. The van der Waals surface area contributed by atoms with Crippen LogP contribution in [-0.2, 0) is 42.8 Å². The maximum atomic E-state index is 14.4. The molecule has 16 nitrogen and oxygen atoms in total. The maximum Gasteiger partial charge on any atom is 0.415 e. The number of Topliss-reactive ketones (excluding diaryl/α,β-unsaturated/α-hetero) is 1. The average molecular weight is 907 g/mol. The second kappa shape index (κ2) is 26.1. The molecule has 2 rings (SSSR count). The smallest absolute Gasteiger partial charge is 0.415 e. The number of carboxylic acid groups (broad SMARTS) is 1. The fourth-order valence-corrected chi connectivity index (χ4v) is 10.3. The molecular formula is C34H45Cl4N4O12PS. The number of aliphatic carboxylic acids is 1. The molecule has 56 heavy (non-hydrogen) atoms. The number of carbonyl (C=O) groups excluding carboxylic acids is 4. The molecule has 22 heteroatoms. The Morgan fingerprint density at radius 2 is 1.38 bits per heavy atom. The van der Waals surface area contributed by atoms with Gasteiger partial charge in [-0.1, -0.05) is 48.5 Å². The van der Waals surface area contributed by atoms with E-state index in [1.807, 2.05) is 0 Å². The molecule has 0 aromatic heterocycles. The number of alkyl halides is 4. The number of hydrogen-bond donors (Lipinski definition) is 3. The molecule has 0 saturated heterocycles. The van der Waals surface area contributed by atoms with Crippen LogP contribution in [0, 0.1) is 0 Å².